The molecule has 1 aromatic heterocycles. The molecule has 6 heteroatoms. The number of carbonyl (C=O) groups excluding carboxylic acids is 2. The summed E-state index contributed by atoms with van der Waals surface area (Å²) in [6.45, 7) is 0.405. The van der Waals surface area contributed by atoms with E-state index in [0.29, 0.717) is 13.0 Å². The number of ether oxygens (including phenoxy) is 1. The fourth-order valence-corrected chi connectivity index (χ4v) is 7.33. The van der Waals surface area contributed by atoms with E-state index in [0.717, 1.165) is 59.2 Å². The van der Waals surface area contributed by atoms with Gasteiger partial charge in [-0.1, -0.05) is 18.2 Å². The number of nitrogens with zero attached hydrogens (tertiary/aromatic N) is 1. The molecular formula is C24H29N3O3. The van der Waals surface area contributed by atoms with Gasteiger partial charge in [-0.3, -0.25) is 0 Å². The molecule has 5 aliphatic rings. The highest BCUT2D eigenvalue weighted by molar-refractivity contribution is 5.89. The SMILES string of the molecule is COC(=O)[C@@H]1Cc2c([nH]c3ccccc23)CN1C(=O)NC12CC3CC(CC(C3)C1)C2. The number of hydrogen-bond acceptors (Lipinski definition) is 3. The van der Waals surface area contributed by atoms with E-state index < -0.39 is 6.04 Å². The fourth-order valence-electron chi connectivity index (χ4n) is 7.33. The van der Waals surface area contributed by atoms with Crippen molar-refractivity contribution in [1.29, 1.82) is 0 Å². The normalized spacial score (nSPS) is 34.1. The lowest BCUT2D eigenvalue weighted by molar-refractivity contribution is -0.146. The zero-order chi connectivity index (χ0) is 20.5. The van der Waals surface area contributed by atoms with Gasteiger partial charge in [-0.15, -0.1) is 0 Å². The predicted octanol–water partition coefficient (Wildman–Crippen LogP) is 3.75. The summed E-state index contributed by atoms with van der Waals surface area (Å²) in [6.07, 6.45) is 7.78. The van der Waals surface area contributed by atoms with Crippen LogP contribution in [0.2, 0.25) is 0 Å². The van der Waals surface area contributed by atoms with Gasteiger partial charge >= 0.3 is 12.0 Å². The Kier molecular flexibility index (Phi) is 3.96. The Bertz CT molecular complexity index is 991. The summed E-state index contributed by atoms with van der Waals surface area (Å²) in [5.74, 6) is 1.94. The van der Waals surface area contributed by atoms with Crippen molar-refractivity contribution < 1.29 is 14.3 Å². The van der Waals surface area contributed by atoms with E-state index in [1.807, 2.05) is 18.2 Å². The van der Waals surface area contributed by atoms with Crippen LogP contribution in [0.5, 0.6) is 0 Å². The van der Waals surface area contributed by atoms with Gasteiger partial charge < -0.3 is 19.9 Å². The van der Waals surface area contributed by atoms with Gasteiger partial charge in [0.15, 0.2) is 0 Å². The summed E-state index contributed by atoms with van der Waals surface area (Å²) in [6, 6.07) is 7.42. The maximum absolute atomic E-state index is 13.5. The molecule has 0 spiro atoms. The minimum Gasteiger partial charge on any atom is -0.467 e. The van der Waals surface area contributed by atoms with Crippen LogP contribution in [0.15, 0.2) is 24.3 Å². The number of hydrogen-bond donors (Lipinski definition) is 2. The van der Waals surface area contributed by atoms with E-state index in [2.05, 4.69) is 16.4 Å². The van der Waals surface area contributed by atoms with E-state index in [1.165, 1.54) is 26.4 Å². The van der Waals surface area contributed by atoms with Crippen molar-refractivity contribution in [3.8, 4) is 0 Å². The highest BCUT2D eigenvalue weighted by Crippen LogP contribution is 2.55. The number of methoxy groups -OCH3 is 1. The summed E-state index contributed by atoms with van der Waals surface area (Å²) in [5.41, 5.74) is 3.12. The number of rotatable bonds is 2. The third-order valence-corrected chi connectivity index (χ3v) is 8.15. The molecule has 2 N–H and O–H groups in total. The quantitative estimate of drug-likeness (QED) is 0.745. The number of para-hydroxylation sites is 1. The van der Waals surface area contributed by atoms with Gasteiger partial charge in [0.05, 0.1) is 13.7 Å². The first-order valence-corrected chi connectivity index (χ1v) is 11.3. The van der Waals surface area contributed by atoms with E-state index in [-0.39, 0.29) is 17.5 Å². The Labute approximate surface area is 176 Å². The smallest absolute Gasteiger partial charge is 0.329 e. The highest BCUT2D eigenvalue weighted by Gasteiger charge is 2.52. The maximum Gasteiger partial charge on any atom is 0.329 e. The number of carbonyl (C=O) groups is 2. The molecule has 4 bridgehead atoms. The average molecular weight is 408 g/mol. The lowest BCUT2D eigenvalue weighted by Gasteiger charge is -2.57. The van der Waals surface area contributed by atoms with Crippen molar-refractivity contribution in [2.75, 3.05) is 7.11 Å². The molecular weight excluding hydrogens is 378 g/mol. The first-order chi connectivity index (χ1) is 14.5. The zero-order valence-electron chi connectivity index (χ0n) is 17.4. The number of H-pyrrole nitrogens is 1. The summed E-state index contributed by atoms with van der Waals surface area (Å²) in [4.78, 5) is 31.4. The molecule has 1 atom stereocenters. The van der Waals surface area contributed by atoms with Crippen LogP contribution < -0.4 is 5.32 Å². The minimum atomic E-state index is -0.587. The average Bonchev–Trinajstić information content (AvgIpc) is 3.08. The van der Waals surface area contributed by atoms with Crippen molar-refractivity contribution in [3.63, 3.8) is 0 Å². The van der Waals surface area contributed by atoms with Crippen molar-refractivity contribution in [2.24, 2.45) is 17.8 Å². The molecule has 4 saturated carbocycles. The van der Waals surface area contributed by atoms with E-state index in [1.54, 1.807) is 4.90 Å². The van der Waals surface area contributed by atoms with E-state index >= 15 is 0 Å². The molecule has 0 unspecified atom stereocenters. The number of nitrogens with one attached hydrogen (secondary N) is 2. The Hall–Kier alpha value is -2.50. The topological polar surface area (TPSA) is 74.4 Å². The van der Waals surface area contributed by atoms with Crippen molar-refractivity contribution in [1.82, 2.24) is 15.2 Å². The van der Waals surface area contributed by atoms with Crippen LogP contribution in [-0.2, 0) is 22.5 Å². The zero-order valence-corrected chi connectivity index (χ0v) is 17.4. The Balaban J connectivity index is 1.30. The Morgan fingerprint density at radius 2 is 1.77 bits per heavy atom. The van der Waals surface area contributed by atoms with E-state index in [9.17, 15) is 9.59 Å². The molecule has 2 aromatic rings. The van der Waals surface area contributed by atoms with Gasteiger partial charge in [0.2, 0.25) is 0 Å². The minimum absolute atomic E-state index is 0.0762. The van der Waals surface area contributed by atoms with Gasteiger partial charge in [-0.2, -0.15) is 0 Å². The van der Waals surface area contributed by atoms with E-state index in [4.69, 9.17) is 4.74 Å². The van der Waals surface area contributed by atoms with Crippen LogP contribution in [-0.4, -0.2) is 40.6 Å². The molecule has 7 rings (SSSR count). The van der Waals surface area contributed by atoms with Crippen molar-refractivity contribution in [2.45, 2.75) is 63.1 Å². The molecule has 6 nitrogen and oxygen atoms in total. The van der Waals surface area contributed by atoms with Crippen LogP contribution in [0.3, 0.4) is 0 Å². The molecule has 158 valence electrons. The van der Waals surface area contributed by atoms with Crippen LogP contribution in [0, 0.1) is 17.8 Å². The van der Waals surface area contributed by atoms with Gasteiger partial charge in [-0.25, -0.2) is 9.59 Å². The largest absolute Gasteiger partial charge is 0.467 e. The third kappa shape index (κ3) is 2.76. The number of esters is 1. The molecule has 2 heterocycles. The van der Waals surface area contributed by atoms with Gasteiger partial charge in [0.25, 0.3) is 0 Å². The molecule has 4 fully saturated rings. The molecule has 0 saturated heterocycles. The molecule has 0 radical (unpaired) electrons. The lowest BCUT2D eigenvalue weighted by atomic mass is 9.53. The second kappa shape index (κ2) is 6.50. The van der Waals surface area contributed by atoms with Crippen molar-refractivity contribution in [3.05, 3.63) is 35.5 Å². The number of amides is 2. The lowest BCUT2D eigenvalue weighted by Crippen LogP contribution is -2.63. The third-order valence-electron chi connectivity index (χ3n) is 8.15. The number of benzene rings is 1. The Morgan fingerprint density at radius 3 is 2.43 bits per heavy atom. The standard InChI is InChI=1S/C24H29N3O3/c1-30-22(28)21-9-18-17-4-2-3-5-19(17)25-20(18)13-27(21)23(29)26-24-10-14-6-15(11-24)8-16(7-14)12-24/h2-5,14-16,21,25H,6-13H2,1H3,(H,26,29)/t14?,15?,16?,21-,24?/m0/s1. The maximum atomic E-state index is 13.5. The second-order valence-electron chi connectivity index (χ2n) is 10.1. The number of aromatic nitrogens is 1. The van der Waals surface area contributed by atoms with Gasteiger partial charge in [0.1, 0.15) is 6.04 Å². The first kappa shape index (κ1) is 18.3. The van der Waals surface area contributed by atoms with Crippen LogP contribution >= 0.6 is 0 Å². The molecule has 2 amide bonds. The first-order valence-electron chi connectivity index (χ1n) is 11.3. The monoisotopic (exact) mass is 407 g/mol. The summed E-state index contributed by atoms with van der Waals surface area (Å²) in [7, 11) is 1.41. The number of aromatic amines is 1. The molecule has 30 heavy (non-hydrogen) atoms. The number of fused-ring (bicyclic) bond motifs is 3. The highest BCUT2D eigenvalue weighted by atomic mass is 16.5. The Morgan fingerprint density at radius 1 is 1.10 bits per heavy atom. The molecule has 4 aliphatic carbocycles. The summed E-state index contributed by atoms with van der Waals surface area (Å²) >= 11 is 0. The fraction of sp³-hybridized carbons (Fsp3) is 0.583. The van der Waals surface area contributed by atoms with Gasteiger partial charge in [0, 0.05) is 28.6 Å². The van der Waals surface area contributed by atoms with Crippen molar-refractivity contribution >= 4 is 22.9 Å². The second-order valence-corrected chi connectivity index (χ2v) is 10.1. The number of urea groups is 1. The van der Waals surface area contributed by atoms with Crippen LogP contribution in [0.1, 0.15) is 49.8 Å². The molecule has 1 aliphatic heterocycles. The predicted molar refractivity (Wildman–Crippen MR) is 113 cm³/mol. The summed E-state index contributed by atoms with van der Waals surface area (Å²) in [5, 5.41) is 4.56. The summed E-state index contributed by atoms with van der Waals surface area (Å²) < 4.78 is 5.10. The van der Waals surface area contributed by atoms with Crippen LogP contribution in [0.25, 0.3) is 10.9 Å². The molecule has 1 aromatic carbocycles. The van der Waals surface area contributed by atoms with Gasteiger partial charge in [-0.05, 0) is 67.9 Å². The van der Waals surface area contributed by atoms with Crippen LogP contribution in [0.4, 0.5) is 4.79 Å².